The average molecular weight is 361 g/mol. The van der Waals surface area contributed by atoms with Gasteiger partial charge in [-0.25, -0.2) is 4.79 Å². The van der Waals surface area contributed by atoms with Crippen LogP contribution in [0.4, 0.5) is 16.2 Å². The number of nitrogens with one attached hydrogen (secondary N) is 2. The van der Waals surface area contributed by atoms with Crippen molar-refractivity contribution in [3.05, 3.63) is 23.8 Å². The predicted octanol–water partition coefficient (Wildman–Crippen LogP) is 2.82. The molecule has 0 spiro atoms. The lowest BCUT2D eigenvalue weighted by Gasteiger charge is -2.30. The highest BCUT2D eigenvalue weighted by atomic mass is 16.5. The molecule has 3 rings (SSSR count). The first-order valence-corrected chi connectivity index (χ1v) is 9.61. The molecule has 2 N–H and O–H groups in total. The molecule has 0 bridgehead atoms. The van der Waals surface area contributed by atoms with E-state index in [0.29, 0.717) is 12.1 Å². The highest BCUT2D eigenvalue weighted by Gasteiger charge is 2.36. The second-order valence-electron chi connectivity index (χ2n) is 7.69. The summed E-state index contributed by atoms with van der Waals surface area (Å²) in [6.07, 6.45) is 4.78. The van der Waals surface area contributed by atoms with Gasteiger partial charge in [0.05, 0.1) is 6.10 Å². The van der Waals surface area contributed by atoms with E-state index in [1.54, 1.807) is 7.11 Å². The van der Waals surface area contributed by atoms with Gasteiger partial charge in [-0.15, -0.1) is 0 Å². The summed E-state index contributed by atoms with van der Waals surface area (Å²) in [5.74, 6) is 0. The molecule has 6 nitrogen and oxygen atoms in total. The number of benzene rings is 1. The molecule has 1 aromatic carbocycles. The Balaban J connectivity index is 1.60. The smallest absolute Gasteiger partial charge is 0.319 e. The molecule has 144 valence electrons. The van der Waals surface area contributed by atoms with Crippen LogP contribution in [0.2, 0.25) is 0 Å². The maximum atomic E-state index is 12.6. The Hall–Kier alpha value is -1.79. The molecule has 3 atom stereocenters. The summed E-state index contributed by atoms with van der Waals surface area (Å²) in [6.45, 7) is 4.08. The average Bonchev–Trinajstić information content (AvgIpc) is 3.25. The standard InChI is InChI=1S/C20H32N4O2/c1-14-16(7-5-9-18(14)23(2)3)21-20(25)22-17-8-6-10-19(17)24-12-11-15(13-24)26-4/h5,7,9,15,17,19H,6,8,10-13H2,1-4H3,(H2,21,22,25)/t15?,17-,19+/m0/s1. The Morgan fingerprint density at radius 1 is 1.27 bits per heavy atom. The third-order valence-corrected chi connectivity index (χ3v) is 5.81. The number of hydrogen-bond acceptors (Lipinski definition) is 4. The van der Waals surface area contributed by atoms with E-state index in [0.717, 1.165) is 49.3 Å². The summed E-state index contributed by atoms with van der Waals surface area (Å²) in [6, 6.07) is 6.52. The zero-order valence-corrected chi connectivity index (χ0v) is 16.4. The van der Waals surface area contributed by atoms with E-state index in [-0.39, 0.29) is 12.1 Å². The van der Waals surface area contributed by atoms with Gasteiger partial charge in [0.2, 0.25) is 0 Å². The van der Waals surface area contributed by atoms with Gasteiger partial charge >= 0.3 is 6.03 Å². The van der Waals surface area contributed by atoms with Crippen molar-refractivity contribution in [1.82, 2.24) is 10.2 Å². The Bertz CT molecular complexity index is 634. The zero-order valence-electron chi connectivity index (χ0n) is 16.4. The summed E-state index contributed by atoms with van der Waals surface area (Å²) in [7, 11) is 5.81. The number of likely N-dealkylation sites (tertiary alicyclic amines) is 1. The Morgan fingerprint density at radius 3 is 2.77 bits per heavy atom. The molecular weight excluding hydrogens is 328 g/mol. The molecule has 1 aliphatic carbocycles. The maximum Gasteiger partial charge on any atom is 0.319 e. The van der Waals surface area contributed by atoms with Crippen molar-refractivity contribution >= 4 is 17.4 Å². The van der Waals surface area contributed by atoms with Crippen LogP contribution in [0.1, 0.15) is 31.2 Å². The summed E-state index contributed by atoms with van der Waals surface area (Å²) in [5.41, 5.74) is 3.06. The molecule has 1 saturated carbocycles. The minimum atomic E-state index is -0.108. The molecule has 1 unspecified atom stereocenters. The second kappa shape index (κ2) is 8.27. The minimum absolute atomic E-state index is 0.108. The van der Waals surface area contributed by atoms with Gasteiger partial charge in [-0.05, 0) is 50.3 Å². The predicted molar refractivity (Wildman–Crippen MR) is 106 cm³/mol. The van der Waals surface area contributed by atoms with Gasteiger partial charge in [-0.3, -0.25) is 4.90 Å². The van der Waals surface area contributed by atoms with Gasteiger partial charge in [0.15, 0.2) is 0 Å². The molecule has 1 aromatic rings. The van der Waals surface area contributed by atoms with Crippen molar-refractivity contribution < 1.29 is 9.53 Å². The van der Waals surface area contributed by atoms with E-state index in [4.69, 9.17) is 4.74 Å². The lowest BCUT2D eigenvalue weighted by molar-refractivity contribution is 0.0985. The van der Waals surface area contributed by atoms with E-state index in [9.17, 15) is 4.79 Å². The molecule has 0 radical (unpaired) electrons. The van der Waals surface area contributed by atoms with Crippen LogP contribution in [-0.4, -0.2) is 63.4 Å². The van der Waals surface area contributed by atoms with Crippen LogP contribution >= 0.6 is 0 Å². The number of amides is 2. The van der Waals surface area contributed by atoms with Gasteiger partial charge in [-0.2, -0.15) is 0 Å². The number of ether oxygens (including phenoxy) is 1. The van der Waals surface area contributed by atoms with E-state index >= 15 is 0 Å². The quantitative estimate of drug-likeness (QED) is 0.848. The van der Waals surface area contributed by atoms with E-state index < -0.39 is 0 Å². The number of carbonyl (C=O) groups excluding carboxylic acids is 1. The first kappa shape index (κ1) is 19.0. The molecule has 26 heavy (non-hydrogen) atoms. The topological polar surface area (TPSA) is 56.8 Å². The molecular formula is C20H32N4O2. The largest absolute Gasteiger partial charge is 0.380 e. The summed E-state index contributed by atoms with van der Waals surface area (Å²) in [5, 5.41) is 6.26. The fourth-order valence-corrected chi connectivity index (χ4v) is 4.36. The van der Waals surface area contributed by atoms with E-state index in [1.807, 2.05) is 33.2 Å². The Kier molecular flexibility index (Phi) is 6.04. The molecule has 1 saturated heterocycles. The van der Waals surface area contributed by atoms with Gasteiger partial charge in [0.1, 0.15) is 0 Å². The van der Waals surface area contributed by atoms with Crippen molar-refractivity contribution in [2.75, 3.05) is 44.5 Å². The van der Waals surface area contributed by atoms with Crippen molar-refractivity contribution in [2.24, 2.45) is 0 Å². The van der Waals surface area contributed by atoms with Crippen LogP contribution in [-0.2, 0) is 4.74 Å². The van der Waals surface area contributed by atoms with Gasteiger partial charge in [-0.1, -0.05) is 6.07 Å². The minimum Gasteiger partial charge on any atom is -0.380 e. The number of nitrogens with zero attached hydrogens (tertiary/aromatic N) is 2. The molecule has 6 heteroatoms. The number of carbonyl (C=O) groups is 1. The second-order valence-corrected chi connectivity index (χ2v) is 7.69. The van der Waals surface area contributed by atoms with Gasteiger partial charge in [0, 0.05) is 57.8 Å². The SMILES string of the molecule is COC1CCN([C@@H]2CCC[C@@H]2NC(=O)Nc2cccc(N(C)C)c2C)C1. The third-order valence-electron chi connectivity index (χ3n) is 5.81. The normalized spacial score (nSPS) is 26.1. The number of methoxy groups -OCH3 is 1. The number of anilines is 2. The third kappa shape index (κ3) is 4.13. The van der Waals surface area contributed by atoms with Crippen molar-refractivity contribution in [3.63, 3.8) is 0 Å². The number of rotatable bonds is 5. The fraction of sp³-hybridized carbons (Fsp3) is 0.650. The molecule has 1 heterocycles. The van der Waals surface area contributed by atoms with Crippen LogP contribution in [0, 0.1) is 6.92 Å². The molecule has 2 fully saturated rings. The highest BCUT2D eigenvalue weighted by molar-refractivity contribution is 5.91. The Morgan fingerprint density at radius 2 is 2.08 bits per heavy atom. The first-order chi connectivity index (χ1) is 12.5. The molecule has 2 amide bonds. The summed E-state index contributed by atoms with van der Waals surface area (Å²) >= 11 is 0. The lowest BCUT2D eigenvalue weighted by atomic mass is 10.1. The molecule has 0 aromatic heterocycles. The number of hydrogen-bond donors (Lipinski definition) is 2. The van der Waals surface area contributed by atoms with Crippen LogP contribution in [0.15, 0.2) is 18.2 Å². The van der Waals surface area contributed by atoms with E-state index in [2.05, 4.69) is 26.5 Å². The summed E-state index contributed by atoms with van der Waals surface area (Å²) < 4.78 is 5.49. The fourth-order valence-electron chi connectivity index (χ4n) is 4.36. The lowest BCUT2D eigenvalue weighted by Crippen LogP contribution is -2.49. The maximum absolute atomic E-state index is 12.6. The van der Waals surface area contributed by atoms with Crippen molar-refractivity contribution in [2.45, 2.75) is 50.8 Å². The van der Waals surface area contributed by atoms with Crippen LogP contribution in [0.3, 0.4) is 0 Å². The van der Waals surface area contributed by atoms with Crippen LogP contribution in [0.25, 0.3) is 0 Å². The Labute approximate surface area is 156 Å². The first-order valence-electron chi connectivity index (χ1n) is 9.61. The summed E-state index contributed by atoms with van der Waals surface area (Å²) in [4.78, 5) is 17.2. The van der Waals surface area contributed by atoms with Crippen molar-refractivity contribution in [1.29, 1.82) is 0 Å². The molecule has 2 aliphatic rings. The van der Waals surface area contributed by atoms with E-state index in [1.165, 1.54) is 6.42 Å². The molecule has 1 aliphatic heterocycles. The van der Waals surface area contributed by atoms with Crippen LogP contribution < -0.4 is 15.5 Å². The number of urea groups is 1. The van der Waals surface area contributed by atoms with Gasteiger partial charge in [0.25, 0.3) is 0 Å². The van der Waals surface area contributed by atoms with Crippen LogP contribution in [0.5, 0.6) is 0 Å². The monoisotopic (exact) mass is 360 g/mol. The van der Waals surface area contributed by atoms with Crippen molar-refractivity contribution in [3.8, 4) is 0 Å². The highest BCUT2D eigenvalue weighted by Crippen LogP contribution is 2.29. The zero-order chi connectivity index (χ0) is 18.7. The van der Waals surface area contributed by atoms with Gasteiger partial charge < -0.3 is 20.3 Å².